The van der Waals surface area contributed by atoms with Crippen molar-refractivity contribution in [2.45, 2.75) is 6.04 Å². The maximum atomic E-state index is 12.4. The molecule has 100 valence electrons. The molecular formula is C12H13N3O4. The molecule has 0 spiro atoms. The SMILES string of the molecule is O=C(O)N1CCN2C(=O)c3cnccc3OCC2C1. The van der Waals surface area contributed by atoms with Gasteiger partial charge in [-0.2, -0.15) is 0 Å². The van der Waals surface area contributed by atoms with Crippen LogP contribution < -0.4 is 4.74 Å². The van der Waals surface area contributed by atoms with Crippen molar-refractivity contribution < 1.29 is 19.4 Å². The highest BCUT2D eigenvalue weighted by molar-refractivity contribution is 5.97. The van der Waals surface area contributed by atoms with Crippen molar-refractivity contribution in [1.82, 2.24) is 14.8 Å². The molecule has 7 nitrogen and oxygen atoms in total. The molecule has 1 aromatic heterocycles. The smallest absolute Gasteiger partial charge is 0.407 e. The van der Waals surface area contributed by atoms with E-state index in [9.17, 15) is 9.59 Å². The average molecular weight is 263 g/mol. The molecule has 1 aromatic rings. The van der Waals surface area contributed by atoms with Crippen LogP contribution in [0.15, 0.2) is 18.5 Å². The molecule has 1 saturated heterocycles. The zero-order valence-corrected chi connectivity index (χ0v) is 10.2. The Morgan fingerprint density at radius 2 is 2.32 bits per heavy atom. The molecule has 1 atom stereocenters. The van der Waals surface area contributed by atoms with Crippen LogP contribution in [-0.2, 0) is 0 Å². The summed E-state index contributed by atoms with van der Waals surface area (Å²) >= 11 is 0. The van der Waals surface area contributed by atoms with E-state index in [4.69, 9.17) is 9.84 Å². The molecule has 1 fully saturated rings. The number of ether oxygens (including phenoxy) is 1. The Balaban J connectivity index is 1.88. The van der Waals surface area contributed by atoms with Gasteiger partial charge in [0.1, 0.15) is 12.4 Å². The van der Waals surface area contributed by atoms with Gasteiger partial charge in [-0.3, -0.25) is 9.78 Å². The van der Waals surface area contributed by atoms with E-state index in [1.165, 1.54) is 11.1 Å². The van der Waals surface area contributed by atoms with Crippen molar-refractivity contribution in [2.75, 3.05) is 26.2 Å². The van der Waals surface area contributed by atoms with Crippen LogP contribution in [0.25, 0.3) is 0 Å². The van der Waals surface area contributed by atoms with E-state index >= 15 is 0 Å². The Labute approximate surface area is 109 Å². The zero-order chi connectivity index (χ0) is 13.4. The number of piperazine rings is 1. The number of fused-ring (bicyclic) bond motifs is 2. The summed E-state index contributed by atoms with van der Waals surface area (Å²) in [6.45, 7) is 1.29. The van der Waals surface area contributed by atoms with Crippen LogP contribution in [0.4, 0.5) is 4.79 Å². The van der Waals surface area contributed by atoms with Crippen molar-refractivity contribution in [1.29, 1.82) is 0 Å². The molecular weight excluding hydrogens is 250 g/mol. The van der Waals surface area contributed by atoms with Crippen molar-refractivity contribution in [2.24, 2.45) is 0 Å². The van der Waals surface area contributed by atoms with Crippen molar-refractivity contribution in [3.05, 3.63) is 24.0 Å². The lowest BCUT2D eigenvalue weighted by Gasteiger charge is -2.38. The molecule has 0 aromatic carbocycles. The number of nitrogens with zero attached hydrogens (tertiary/aromatic N) is 3. The van der Waals surface area contributed by atoms with Gasteiger partial charge >= 0.3 is 6.09 Å². The molecule has 19 heavy (non-hydrogen) atoms. The summed E-state index contributed by atoms with van der Waals surface area (Å²) in [6.07, 6.45) is 2.10. The Hall–Kier alpha value is -2.31. The van der Waals surface area contributed by atoms with E-state index in [2.05, 4.69) is 4.98 Å². The number of carbonyl (C=O) groups excluding carboxylic acids is 1. The van der Waals surface area contributed by atoms with E-state index in [1.807, 2.05) is 0 Å². The number of pyridine rings is 1. The second kappa shape index (κ2) is 4.42. The van der Waals surface area contributed by atoms with Gasteiger partial charge in [0, 0.05) is 32.0 Å². The first-order chi connectivity index (χ1) is 9.16. The molecule has 1 N–H and O–H groups in total. The number of carbonyl (C=O) groups is 2. The van der Waals surface area contributed by atoms with Gasteiger partial charge in [0.25, 0.3) is 5.91 Å². The second-order valence-electron chi connectivity index (χ2n) is 4.56. The molecule has 2 amide bonds. The van der Waals surface area contributed by atoms with E-state index in [0.717, 1.165) is 0 Å². The predicted molar refractivity (Wildman–Crippen MR) is 64.2 cm³/mol. The lowest BCUT2D eigenvalue weighted by molar-refractivity contribution is 0.0390. The largest absolute Gasteiger partial charge is 0.490 e. The van der Waals surface area contributed by atoms with Crippen LogP contribution in [0.5, 0.6) is 5.75 Å². The number of carboxylic acid groups (broad SMARTS) is 1. The molecule has 7 heteroatoms. The molecule has 3 heterocycles. The van der Waals surface area contributed by atoms with Crippen LogP contribution in [0.3, 0.4) is 0 Å². The number of aromatic nitrogens is 1. The molecule has 2 aliphatic rings. The number of hydrogen-bond acceptors (Lipinski definition) is 4. The molecule has 0 bridgehead atoms. The van der Waals surface area contributed by atoms with Gasteiger partial charge in [-0.25, -0.2) is 4.79 Å². The first-order valence-corrected chi connectivity index (χ1v) is 6.02. The van der Waals surface area contributed by atoms with Crippen LogP contribution in [0.1, 0.15) is 10.4 Å². The lowest BCUT2D eigenvalue weighted by Crippen LogP contribution is -2.57. The summed E-state index contributed by atoms with van der Waals surface area (Å²) in [6, 6.07) is 1.41. The fraction of sp³-hybridized carbons (Fsp3) is 0.417. The summed E-state index contributed by atoms with van der Waals surface area (Å²) < 4.78 is 5.59. The van der Waals surface area contributed by atoms with Crippen molar-refractivity contribution in [3.63, 3.8) is 0 Å². The summed E-state index contributed by atoms with van der Waals surface area (Å²) in [5, 5.41) is 9.01. The summed E-state index contributed by atoms with van der Waals surface area (Å²) in [5.74, 6) is 0.368. The van der Waals surface area contributed by atoms with E-state index in [0.29, 0.717) is 31.0 Å². The van der Waals surface area contributed by atoms with Crippen molar-refractivity contribution >= 4 is 12.0 Å². The minimum atomic E-state index is -0.962. The molecule has 0 radical (unpaired) electrons. The lowest BCUT2D eigenvalue weighted by atomic mass is 10.1. The molecule has 2 aliphatic heterocycles. The van der Waals surface area contributed by atoms with Gasteiger partial charge in [-0.15, -0.1) is 0 Å². The Bertz CT molecular complexity index is 533. The standard InChI is InChI=1S/C12H13N3O4/c16-11-9-5-13-2-1-10(9)19-7-8-6-14(12(17)18)3-4-15(8)11/h1-2,5,8H,3-4,6-7H2,(H,17,18). The minimum Gasteiger partial charge on any atom is -0.490 e. The third-order valence-electron chi connectivity index (χ3n) is 3.46. The molecule has 0 saturated carbocycles. The number of amides is 2. The summed E-state index contributed by atoms with van der Waals surface area (Å²) in [7, 11) is 0. The fourth-order valence-corrected chi connectivity index (χ4v) is 2.45. The highest BCUT2D eigenvalue weighted by atomic mass is 16.5. The number of hydrogen-bond donors (Lipinski definition) is 1. The zero-order valence-electron chi connectivity index (χ0n) is 10.2. The molecule has 1 unspecified atom stereocenters. The normalized spacial score (nSPS) is 22.1. The third-order valence-corrected chi connectivity index (χ3v) is 3.46. The highest BCUT2D eigenvalue weighted by Crippen LogP contribution is 2.25. The Morgan fingerprint density at radius 1 is 1.47 bits per heavy atom. The maximum Gasteiger partial charge on any atom is 0.407 e. The average Bonchev–Trinajstić information content (AvgIpc) is 2.57. The quantitative estimate of drug-likeness (QED) is 0.727. The van der Waals surface area contributed by atoms with Gasteiger partial charge in [0.15, 0.2) is 0 Å². The van der Waals surface area contributed by atoms with Gasteiger partial charge in [0.2, 0.25) is 0 Å². The van der Waals surface area contributed by atoms with Crippen LogP contribution in [0, 0.1) is 0 Å². The van der Waals surface area contributed by atoms with E-state index in [-0.39, 0.29) is 18.5 Å². The summed E-state index contributed by atoms with van der Waals surface area (Å²) in [4.78, 5) is 30.3. The topological polar surface area (TPSA) is 83.0 Å². The first-order valence-electron chi connectivity index (χ1n) is 6.02. The van der Waals surface area contributed by atoms with Gasteiger partial charge in [-0.05, 0) is 6.07 Å². The monoisotopic (exact) mass is 263 g/mol. The maximum absolute atomic E-state index is 12.4. The molecule has 3 rings (SSSR count). The molecule has 0 aliphatic carbocycles. The predicted octanol–water partition coefficient (Wildman–Crippen LogP) is 0.278. The number of rotatable bonds is 0. The van der Waals surface area contributed by atoms with Crippen molar-refractivity contribution in [3.8, 4) is 5.75 Å². The highest BCUT2D eigenvalue weighted by Gasteiger charge is 2.36. The van der Waals surface area contributed by atoms with Crippen LogP contribution in [0.2, 0.25) is 0 Å². The van der Waals surface area contributed by atoms with Gasteiger partial charge < -0.3 is 19.6 Å². The van der Waals surface area contributed by atoms with Crippen LogP contribution >= 0.6 is 0 Å². The second-order valence-corrected chi connectivity index (χ2v) is 4.56. The van der Waals surface area contributed by atoms with Gasteiger partial charge in [0.05, 0.1) is 11.6 Å². The summed E-state index contributed by atoms with van der Waals surface area (Å²) in [5.41, 5.74) is 0.439. The van der Waals surface area contributed by atoms with Crippen LogP contribution in [-0.4, -0.2) is 64.2 Å². The fourth-order valence-electron chi connectivity index (χ4n) is 2.45. The third kappa shape index (κ3) is 1.96. The van der Waals surface area contributed by atoms with E-state index in [1.54, 1.807) is 17.2 Å². The first kappa shape index (κ1) is 11.8. The Kier molecular flexibility index (Phi) is 2.73. The van der Waals surface area contributed by atoms with E-state index < -0.39 is 6.09 Å². The van der Waals surface area contributed by atoms with Gasteiger partial charge in [-0.1, -0.05) is 0 Å². The minimum absolute atomic E-state index is 0.143. The Morgan fingerprint density at radius 3 is 3.11 bits per heavy atom.